The lowest BCUT2D eigenvalue weighted by Gasteiger charge is -2.00. The van der Waals surface area contributed by atoms with E-state index in [1.807, 2.05) is 16.9 Å². The van der Waals surface area contributed by atoms with Crippen LogP contribution in [-0.2, 0) is 6.42 Å². The molecule has 0 aromatic carbocycles. The molecule has 21 heavy (non-hydrogen) atoms. The number of nitrogen functional groups attached to an aromatic ring is 1. The third-order valence-corrected chi connectivity index (χ3v) is 3.80. The van der Waals surface area contributed by atoms with Gasteiger partial charge in [0.15, 0.2) is 5.65 Å². The lowest BCUT2D eigenvalue weighted by molar-refractivity contribution is 0.647. The SMILES string of the molecule is Cc1ccnc(Cc2nn(C3CC3)c3ncnc(N)c23)c1. The van der Waals surface area contributed by atoms with Crippen LogP contribution < -0.4 is 5.73 Å². The van der Waals surface area contributed by atoms with Crippen LogP contribution in [0.25, 0.3) is 11.0 Å². The molecule has 1 fully saturated rings. The Kier molecular flexibility index (Phi) is 2.63. The second-order valence-electron chi connectivity index (χ2n) is 5.58. The second-order valence-corrected chi connectivity index (χ2v) is 5.58. The van der Waals surface area contributed by atoms with Crippen LogP contribution in [0.15, 0.2) is 24.7 Å². The molecule has 0 unspecified atom stereocenters. The van der Waals surface area contributed by atoms with Gasteiger partial charge in [0.2, 0.25) is 0 Å². The normalized spacial score (nSPS) is 14.7. The van der Waals surface area contributed by atoms with E-state index in [9.17, 15) is 0 Å². The van der Waals surface area contributed by atoms with Crippen LogP contribution in [0.1, 0.15) is 35.8 Å². The van der Waals surface area contributed by atoms with Gasteiger partial charge in [0, 0.05) is 18.3 Å². The summed E-state index contributed by atoms with van der Waals surface area (Å²) in [6.45, 7) is 2.06. The van der Waals surface area contributed by atoms with Crippen LogP contribution in [0.2, 0.25) is 0 Å². The van der Waals surface area contributed by atoms with Crippen molar-refractivity contribution in [3.63, 3.8) is 0 Å². The Balaban J connectivity index is 1.84. The summed E-state index contributed by atoms with van der Waals surface area (Å²) in [4.78, 5) is 12.9. The number of hydrogen-bond donors (Lipinski definition) is 1. The molecule has 1 aliphatic carbocycles. The maximum absolute atomic E-state index is 6.05. The molecule has 6 heteroatoms. The minimum absolute atomic E-state index is 0.459. The van der Waals surface area contributed by atoms with Gasteiger partial charge in [0.25, 0.3) is 0 Å². The summed E-state index contributed by atoms with van der Waals surface area (Å²) in [5.74, 6) is 0.495. The molecule has 2 N–H and O–H groups in total. The molecule has 0 radical (unpaired) electrons. The van der Waals surface area contributed by atoms with E-state index in [1.165, 1.54) is 11.9 Å². The molecule has 1 saturated carbocycles. The Labute approximate surface area is 122 Å². The number of pyridine rings is 1. The first-order chi connectivity index (χ1) is 10.2. The number of nitrogens with zero attached hydrogens (tertiary/aromatic N) is 5. The van der Waals surface area contributed by atoms with Gasteiger partial charge in [-0.05, 0) is 37.5 Å². The van der Waals surface area contributed by atoms with E-state index >= 15 is 0 Å². The molecule has 3 aromatic rings. The smallest absolute Gasteiger partial charge is 0.163 e. The van der Waals surface area contributed by atoms with E-state index in [2.05, 4.69) is 27.9 Å². The minimum atomic E-state index is 0.459. The largest absolute Gasteiger partial charge is 0.383 e. The molecular formula is C15H16N6. The maximum Gasteiger partial charge on any atom is 0.163 e. The number of rotatable bonds is 3. The number of aryl methyl sites for hydroxylation is 1. The van der Waals surface area contributed by atoms with Crippen LogP contribution in [0, 0.1) is 6.92 Å². The van der Waals surface area contributed by atoms with Crippen molar-refractivity contribution in [3.8, 4) is 0 Å². The molecule has 0 bridgehead atoms. The fraction of sp³-hybridized carbons (Fsp3) is 0.333. The number of nitrogens with two attached hydrogens (primary N) is 1. The topological polar surface area (TPSA) is 82.5 Å². The standard InChI is InChI=1S/C15H16N6/c1-9-4-5-17-10(6-9)7-12-13-14(16)18-8-19-15(13)21(20-12)11-2-3-11/h4-6,8,11H,2-3,7H2,1H3,(H2,16,18,19). The van der Waals surface area contributed by atoms with Gasteiger partial charge in [-0.2, -0.15) is 5.10 Å². The fourth-order valence-electron chi connectivity index (χ4n) is 2.63. The minimum Gasteiger partial charge on any atom is -0.383 e. The summed E-state index contributed by atoms with van der Waals surface area (Å²) in [7, 11) is 0. The third-order valence-electron chi connectivity index (χ3n) is 3.80. The first-order valence-corrected chi connectivity index (χ1v) is 7.11. The molecule has 0 amide bonds. The van der Waals surface area contributed by atoms with Crippen LogP contribution in [0.5, 0.6) is 0 Å². The summed E-state index contributed by atoms with van der Waals surface area (Å²) < 4.78 is 2.00. The summed E-state index contributed by atoms with van der Waals surface area (Å²) in [5.41, 5.74) is 9.98. The predicted molar refractivity (Wildman–Crippen MR) is 79.8 cm³/mol. The summed E-state index contributed by atoms with van der Waals surface area (Å²) in [6, 6.07) is 4.52. The zero-order valence-corrected chi connectivity index (χ0v) is 11.8. The van der Waals surface area contributed by atoms with Gasteiger partial charge in [-0.3, -0.25) is 4.98 Å². The summed E-state index contributed by atoms with van der Waals surface area (Å²) in [6.07, 6.45) is 6.29. The van der Waals surface area contributed by atoms with Crippen LogP contribution in [0.3, 0.4) is 0 Å². The van der Waals surface area contributed by atoms with E-state index in [0.29, 0.717) is 18.3 Å². The molecule has 1 aliphatic rings. The Morgan fingerprint density at radius 1 is 1.29 bits per heavy atom. The first kappa shape index (κ1) is 12.3. The maximum atomic E-state index is 6.05. The molecule has 6 nitrogen and oxygen atoms in total. The van der Waals surface area contributed by atoms with Gasteiger partial charge >= 0.3 is 0 Å². The fourth-order valence-corrected chi connectivity index (χ4v) is 2.63. The first-order valence-electron chi connectivity index (χ1n) is 7.11. The van der Waals surface area contributed by atoms with Crippen LogP contribution in [-0.4, -0.2) is 24.7 Å². The Morgan fingerprint density at radius 2 is 2.14 bits per heavy atom. The Bertz CT molecular complexity index is 818. The van der Waals surface area contributed by atoms with E-state index in [-0.39, 0.29) is 0 Å². The van der Waals surface area contributed by atoms with Crippen molar-refractivity contribution in [1.29, 1.82) is 0 Å². The van der Waals surface area contributed by atoms with E-state index in [1.54, 1.807) is 0 Å². The lowest BCUT2D eigenvalue weighted by Crippen LogP contribution is -1.99. The third kappa shape index (κ3) is 2.12. The molecule has 4 rings (SSSR count). The average molecular weight is 280 g/mol. The molecule has 106 valence electrons. The molecule has 0 spiro atoms. The molecule has 0 aliphatic heterocycles. The van der Waals surface area contributed by atoms with Crippen LogP contribution >= 0.6 is 0 Å². The molecular weight excluding hydrogens is 264 g/mol. The van der Waals surface area contributed by atoms with Gasteiger partial charge in [-0.25, -0.2) is 14.6 Å². The van der Waals surface area contributed by atoms with Gasteiger partial charge in [0.1, 0.15) is 12.1 Å². The van der Waals surface area contributed by atoms with E-state index < -0.39 is 0 Å². The van der Waals surface area contributed by atoms with Crippen molar-refractivity contribution in [2.75, 3.05) is 5.73 Å². The van der Waals surface area contributed by atoms with Crippen molar-refractivity contribution in [2.45, 2.75) is 32.2 Å². The zero-order valence-electron chi connectivity index (χ0n) is 11.8. The highest BCUT2D eigenvalue weighted by Crippen LogP contribution is 2.37. The van der Waals surface area contributed by atoms with Crippen molar-refractivity contribution in [1.82, 2.24) is 24.7 Å². The van der Waals surface area contributed by atoms with Crippen molar-refractivity contribution >= 4 is 16.9 Å². The summed E-state index contributed by atoms with van der Waals surface area (Å²) >= 11 is 0. The number of aromatic nitrogens is 5. The predicted octanol–water partition coefficient (Wildman–Crippen LogP) is 2.04. The second kappa shape index (κ2) is 4.51. The number of hydrogen-bond acceptors (Lipinski definition) is 5. The average Bonchev–Trinajstić information content (AvgIpc) is 3.23. The highest BCUT2D eigenvalue weighted by atomic mass is 15.3. The summed E-state index contributed by atoms with van der Waals surface area (Å²) in [5, 5.41) is 5.60. The van der Waals surface area contributed by atoms with Crippen molar-refractivity contribution in [2.24, 2.45) is 0 Å². The number of anilines is 1. The quantitative estimate of drug-likeness (QED) is 0.793. The zero-order chi connectivity index (χ0) is 14.4. The van der Waals surface area contributed by atoms with Gasteiger partial charge in [-0.15, -0.1) is 0 Å². The monoisotopic (exact) mass is 280 g/mol. The van der Waals surface area contributed by atoms with E-state index in [0.717, 1.165) is 35.3 Å². The molecule has 0 atom stereocenters. The van der Waals surface area contributed by atoms with Gasteiger partial charge < -0.3 is 5.73 Å². The number of fused-ring (bicyclic) bond motifs is 1. The Hall–Kier alpha value is -2.50. The molecule has 3 heterocycles. The van der Waals surface area contributed by atoms with Crippen molar-refractivity contribution in [3.05, 3.63) is 41.6 Å². The molecule has 3 aromatic heterocycles. The van der Waals surface area contributed by atoms with Crippen molar-refractivity contribution < 1.29 is 0 Å². The lowest BCUT2D eigenvalue weighted by atomic mass is 10.1. The molecule has 0 saturated heterocycles. The van der Waals surface area contributed by atoms with Gasteiger partial charge in [-0.1, -0.05) is 0 Å². The van der Waals surface area contributed by atoms with Gasteiger partial charge in [0.05, 0.1) is 17.1 Å². The van der Waals surface area contributed by atoms with Crippen LogP contribution in [0.4, 0.5) is 5.82 Å². The highest BCUT2D eigenvalue weighted by Gasteiger charge is 2.28. The highest BCUT2D eigenvalue weighted by molar-refractivity contribution is 5.88. The van der Waals surface area contributed by atoms with E-state index in [4.69, 9.17) is 10.8 Å². The Morgan fingerprint density at radius 3 is 2.90 bits per heavy atom.